The maximum atomic E-state index is 8.73. The molecule has 0 saturated carbocycles. The minimum absolute atomic E-state index is 0.157. The summed E-state index contributed by atoms with van der Waals surface area (Å²) in [7, 11) is 1.61. The van der Waals surface area contributed by atoms with Gasteiger partial charge in [-0.1, -0.05) is 0 Å². The number of hydrogen-bond acceptors (Lipinski definition) is 4. The second kappa shape index (κ2) is 5.41. The lowest BCUT2D eigenvalue weighted by atomic mass is 10.1. The fourth-order valence-electron chi connectivity index (χ4n) is 0.856. The first-order chi connectivity index (χ1) is 6.33. The van der Waals surface area contributed by atoms with Gasteiger partial charge in [-0.2, -0.15) is 10.2 Å². The highest BCUT2D eigenvalue weighted by Crippen LogP contribution is 2.21. The van der Waals surface area contributed by atoms with Gasteiger partial charge < -0.3 is 9.84 Å². The van der Waals surface area contributed by atoms with Crippen LogP contribution in [-0.2, 0) is 4.74 Å². The summed E-state index contributed by atoms with van der Waals surface area (Å²) in [6.45, 7) is 7.98. The van der Waals surface area contributed by atoms with Gasteiger partial charge in [0.15, 0.2) is 5.72 Å². The van der Waals surface area contributed by atoms with Gasteiger partial charge in [-0.05, 0) is 34.1 Å². The molecule has 0 fully saturated rings. The van der Waals surface area contributed by atoms with Crippen molar-refractivity contribution in [3.05, 3.63) is 0 Å². The smallest absolute Gasteiger partial charge is 0.175 e. The minimum Gasteiger partial charge on any atom is -0.396 e. The average Bonchev–Trinajstić information content (AvgIpc) is 2.10. The van der Waals surface area contributed by atoms with E-state index in [0.717, 1.165) is 0 Å². The van der Waals surface area contributed by atoms with Crippen molar-refractivity contribution in [3.8, 4) is 0 Å². The topological polar surface area (TPSA) is 54.2 Å². The van der Waals surface area contributed by atoms with Gasteiger partial charge in [0.25, 0.3) is 0 Å². The van der Waals surface area contributed by atoms with Crippen LogP contribution in [0.5, 0.6) is 0 Å². The number of ether oxygens (including phenoxy) is 1. The number of methoxy groups -OCH3 is 1. The first kappa shape index (κ1) is 13.5. The first-order valence-electron chi connectivity index (χ1n) is 4.93. The van der Waals surface area contributed by atoms with Crippen molar-refractivity contribution in [3.63, 3.8) is 0 Å². The van der Waals surface area contributed by atoms with E-state index in [9.17, 15) is 0 Å². The van der Waals surface area contributed by atoms with Crippen molar-refractivity contribution in [1.82, 2.24) is 0 Å². The van der Waals surface area contributed by atoms with E-state index < -0.39 is 5.72 Å². The fraction of sp³-hybridized carbons (Fsp3) is 1.00. The van der Waals surface area contributed by atoms with Gasteiger partial charge in [-0.25, -0.2) is 0 Å². The lowest BCUT2D eigenvalue weighted by Crippen LogP contribution is -2.25. The van der Waals surface area contributed by atoms with Gasteiger partial charge in [0.2, 0.25) is 0 Å². The predicted molar refractivity (Wildman–Crippen MR) is 56.3 cm³/mol. The molecule has 0 heterocycles. The zero-order valence-corrected chi connectivity index (χ0v) is 9.87. The molecule has 0 radical (unpaired) electrons. The van der Waals surface area contributed by atoms with E-state index in [1.807, 2.05) is 27.7 Å². The maximum absolute atomic E-state index is 8.73. The molecule has 0 aliphatic carbocycles. The molecule has 0 bridgehead atoms. The van der Waals surface area contributed by atoms with E-state index in [-0.39, 0.29) is 12.1 Å². The molecule has 0 aromatic carbocycles. The molecule has 0 aromatic rings. The van der Waals surface area contributed by atoms with E-state index in [2.05, 4.69) is 10.2 Å². The van der Waals surface area contributed by atoms with Crippen molar-refractivity contribution in [2.24, 2.45) is 10.2 Å². The monoisotopic (exact) mass is 202 g/mol. The molecule has 0 rings (SSSR count). The summed E-state index contributed by atoms with van der Waals surface area (Å²) >= 11 is 0. The van der Waals surface area contributed by atoms with Gasteiger partial charge in [-0.15, -0.1) is 0 Å². The van der Waals surface area contributed by atoms with Crippen LogP contribution in [0.25, 0.3) is 0 Å². The molecular formula is C10H22N2O2. The summed E-state index contributed by atoms with van der Waals surface area (Å²) in [5.41, 5.74) is -0.783. The summed E-state index contributed by atoms with van der Waals surface area (Å²) in [5.74, 6) is 0. The van der Waals surface area contributed by atoms with Crippen LogP contribution in [0.15, 0.2) is 10.2 Å². The Balaban J connectivity index is 4.31. The molecule has 84 valence electrons. The number of azo groups is 1. The number of rotatable bonds is 5. The van der Waals surface area contributed by atoms with Crippen molar-refractivity contribution in [1.29, 1.82) is 0 Å². The predicted octanol–water partition coefficient (Wildman–Crippen LogP) is 2.37. The second-order valence-electron chi connectivity index (χ2n) is 4.58. The third kappa shape index (κ3) is 6.05. The van der Waals surface area contributed by atoms with E-state index in [4.69, 9.17) is 9.84 Å². The van der Waals surface area contributed by atoms with Crippen LogP contribution < -0.4 is 0 Å². The maximum Gasteiger partial charge on any atom is 0.175 e. The largest absolute Gasteiger partial charge is 0.396 e. The van der Waals surface area contributed by atoms with Crippen LogP contribution >= 0.6 is 0 Å². The molecule has 14 heavy (non-hydrogen) atoms. The van der Waals surface area contributed by atoms with Crippen molar-refractivity contribution in [2.75, 3.05) is 13.7 Å². The van der Waals surface area contributed by atoms with E-state index in [1.54, 1.807) is 7.11 Å². The highest BCUT2D eigenvalue weighted by atomic mass is 16.5. The van der Waals surface area contributed by atoms with Gasteiger partial charge in [0, 0.05) is 20.1 Å². The molecule has 4 nitrogen and oxygen atoms in total. The third-order valence-corrected chi connectivity index (χ3v) is 1.80. The van der Waals surface area contributed by atoms with Gasteiger partial charge in [0.05, 0.1) is 5.54 Å². The molecule has 0 aromatic heterocycles. The van der Waals surface area contributed by atoms with Crippen LogP contribution in [-0.4, -0.2) is 30.1 Å². The molecular weight excluding hydrogens is 180 g/mol. The third-order valence-electron chi connectivity index (χ3n) is 1.80. The van der Waals surface area contributed by atoms with E-state index in [1.165, 1.54) is 0 Å². The number of aliphatic hydroxyl groups excluding tert-OH is 1. The zero-order chi connectivity index (χ0) is 11.2. The van der Waals surface area contributed by atoms with Crippen molar-refractivity contribution >= 4 is 0 Å². The van der Waals surface area contributed by atoms with E-state index >= 15 is 0 Å². The second-order valence-corrected chi connectivity index (χ2v) is 4.58. The Hall–Kier alpha value is -0.480. The number of aliphatic hydroxyl groups is 1. The summed E-state index contributed by atoms with van der Waals surface area (Å²) in [5, 5.41) is 17.1. The molecule has 1 unspecified atom stereocenters. The van der Waals surface area contributed by atoms with E-state index in [0.29, 0.717) is 12.8 Å². The number of hydrogen-bond donors (Lipinski definition) is 1. The Morgan fingerprint density at radius 1 is 1.14 bits per heavy atom. The molecule has 1 atom stereocenters. The summed E-state index contributed by atoms with van der Waals surface area (Å²) in [4.78, 5) is 0. The Kier molecular flexibility index (Phi) is 5.23. The van der Waals surface area contributed by atoms with Crippen LogP contribution in [0.1, 0.15) is 40.5 Å². The summed E-state index contributed by atoms with van der Waals surface area (Å²) in [6.07, 6.45) is 1.35. The van der Waals surface area contributed by atoms with Crippen molar-refractivity contribution < 1.29 is 9.84 Å². The Morgan fingerprint density at radius 3 is 2.07 bits per heavy atom. The molecule has 4 heteroatoms. The van der Waals surface area contributed by atoms with Crippen LogP contribution in [0.2, 0.25) is 0 Å². The molecule has 1 N–H and O–H groups in total. The van der Waals surface area contributed by atoms with Crippen LogP contribution in [0, 0.1) is 0 Å². The fourth-order valence-corrected chi connectivity index (χ4v) is 0.856. The Bertz CT molecular complexity index is 187. The lowest BCUT2D eigenvalue weighted by Gasteiger charge is -2.23. The molecule has 0 saturated heterocycles. The summed E-state index contributed by atoms with van der Waals surface area (Å²) in [6, 6.07) is 0. The van der Waals surface area contributed by atoms with Gasteiger partial charge >= 0.3 is 0 Å². The SMILES string of the molecule is COC(C)(CCCO)N=NC(C)(C)C. The normalized spacial score (nSPS) is 17.3. The molecule has 0 spiro atoms. The van der Waals surface area contributed by atoms with Gasteiger partial charge in [-0.3, -0.25) is 0 Å². The molecule has 0 aliphatic heterocycles. The number of nitrogens with zero attached hydrogens (tertiary/aromatic N) is 2. The van der Waals surface area contributed by atoms with Crippen LogP contribution in [0.4, 0.5) is 0 Å². The van der Waals surface area contributed by atoms with Crippen LogP contribution in [0.3, 0.4) is 0 Å². The highest BCUT2D eigenvalue weighted by molar-refractivity contribution is 4.74. The van der Waals surface area contributed by atoms with Crippen molar-refractivity contribution in [2.45, 2.75) is 51.8 Å². The average molecular weight is 202 g/mol. The molecule has 0 aliphatic rings. The Morgan fingerprint density at radius 2 is 1.71 bits per heavy atom. The lowest BCUT2D eigenvalue weighted by molar-refractivity contribution is -0.00630. The van der Waals surface area contributed by atoms with Gasteiger partial charge in [0.1, 0.15) is 0 Å². The molecule has 0 amide bonds. The summed E-state index contributed by atoms with van der Waals surface area (Å²) < 4.78 is 5.26. The Labute approximate surface area is 86.4 Å². The zero-order valence-electron chi connectivity index (χ0n) is 9.87. The quantitative estimate of drug-likeness (QED) is 0.696. The first-order valence-corrected chi connectivity index (χ1v) is 4.93. The standard InChI is InChI=1S/C10H22N2O2/c1-9(2,3)11-12-10(4,14-5)7-6-8-13/h13H,6-8H2,1-5H3. The highest BCUT2D eigenvalue weighted by Gasteiger charge is 2.23. The minimum atomic E-state index is -0.601.